The largest absolute Gasteiger partial charge is 0.484 e. The number of amides is 2. The molecule has 0 heterocycles. The van der Waals surface area contributed by atoms with Crippen LogP contribution in [0.5, 0.6) is 5.75 Å². The summed E-state index contributed by atoms with van der Waals surface area (Å²) >= 11 is 0. The molecule has 1 atom stereocenters. The Bertz CT molecular complexity index is 759. The van der Waals surface area contributed by atoms with Gasteiger partial charge >= 0.3 is 0 Å². The minimum absolute atomic E-state index is 0.101. The predicted octanol–water partition coefficient (Wildman–Crippen LogP) is 3.96. The maximum Gasteiger partial charge on any atom is 0.261 e. The number of hydrogen-bond acceptors (Lipinski definition) is 3. The lowest BCUT2D eigenvalue weighted by Crippen LogP contribution is -2.50. The van der Waals surface area contributed by atoms with Crippen LogP contribution in [0.15, 0.2) is 54.6 Å². The summed E-state index contributed by atoms with van der Waals surface area (Å²) in [5.41, 5.74) is 2.20. The number of benzene rings is 2. The Kier molecular flexibility index (Phi) is 9.22. The van der Waals surface area contributed by atoms with E-state index < -0.39 is 6.04 Å². The maximum absolute atomic E-state index is 13.0. The van der Waals surface area contributed by atoms with E-state index in [1.54, 1.807) is 4.90 Å². The smallest absolute Gasteiger partial charge is 0.261 e. The molecule has 29 heavy (non-hydrogen) atoms. The normalized spacial score (nSPS) is 11.6. The minimum Gasteiger partial charge on any atom is -0.484 e. The first-order chi connectivity index (χ1) is 14.1. The fourth-order valence-corrected chi connectivity index (χ4v) is 3.11. The summed E-state index contributed by atoms with van der Waals surface area (Å²) in [5, 5.41) is 2.92. The summed E-state index contributed by atoms with van der Waals surface area (Å²) in [6.45, 7) is 6.89. The van der Waals surface area contributed by atoms with Crippen LogP contribution >= 0.6 is 0 Å². The molecule has 0 radical (unpaired) electrons. The van der Waals surface area contributed by atoms with Crippen molar-refractivity contribution in [1.82, 2.24) is 10.2 Å². The predicted molar refractivity (Wildman–Crippen MR) is 116 cm³/mol. The molecule has 0 fully saturated rings. The Morgan fingerprint density at radius 1 is 0.966 bits per heavy atom. The van der Waals surface area contributed by atoms with Crippen molar-refractivity contribution >= 4 is 11.8 Å². The first-order valence-electron chi connectivity index (χ1n) is 10.4. The number of aryl methyl sites for hydroxylation is 1. The molecule has 2 amide bonds. The van der Waals surface area contributed by atoms with Gasteiger partial charge in [0.15, 0.2) is 6.61 Å². The van der Waals surface area contributed by atoms with Crippen LogP contribution in [-0.2, 0) is 22.6 Å². The molecule has 156 valence electrons. The Hall–Kier alpha value is -2.82. The zero-order valence-electron chi connectivity index (χ0n) is 17.7. The van der Waals surface area contributed by atoms with Gasteiger partial charge < -0.3 is 15.0 Å². The van der Waals surface area contributed by atoms with Gasteiger partial charge in [0.1, 0.15) is 11.8 Å². The van der Waals surface area contributed by atoms with Crippen LogP contribution in [0.4, 0.5) is 0 Å². The van der Waals surface area contributed by atoms with E-state index in [1.165, 1.54) is 5.56 Å². The topological polar surface area (TPSA) is 58.6 Å². The van der Waals surface area contributed by atoms with Gasteiger partial charge in [0.25, 0.3) is 5.91 Å². The Morgan fingerprint density at radius 2 is 1.66 bits per heavy atom. The van der Waals surface area contributed by atoms with Crippen molar-refractivity contribution in [3.05, 3.63) is 65.7 Å². The molecule has 2 aromatic carbocycles. The maximum atomic E-state index is 13.0. The standard InChI is InChI=1S/C24H32N2O3/c1-4-16-25-24(28)22(6-3)26(17-20-10-8-7-9-11-20)23(27)18-29-21-14-12-19(5-2)13-15-21/h7-15,22H,4-6,16-18H2,1-3H3,(H,25,28)/t22-/m1/s1. The summed E-state index contributed by atoms with van der Waals surface area (Å²) in [6, 6.07) is 16.9. The van der Waals surface area contributed by atoms with Gasteiger partial charge in [-0.2, -0.15) is 0 Å². The van der Waals surface area contributed by atoms with E-state index in [-0.39, 0.29) is 18.4 Å². The lowest BCUT2D eigenvalue weighted by atomic mass is 10.1. The molecule has 2 rings (SSSR count). The molecule has 5 nitrogen and oxygen atoms in total. The first kappa shape index (κ1) is 22.5. The minimum atomic E-state index is -0.527. The number of carbonyl (C=O) groups is 2. The van der Waals surface area contributed by atoms with E-state index in [2.05, 4.69) is 12.2 Å². The van der Waals surface area contributed by atoms with Crippen molar-refractivity contribution in [2.45, 2.75) is 52.6 Å². The SMILES string of the molecule is CCCNC(=O)[C@@H](CC)N(Cc1ccccc1)C(=O)COc1ccc(CC)cc1. The molecule has 0 unspecified atom stereocenters. The number of hydrogen-bond donors (Lipinski definition) is 1. The van der Waals surface area contributed by atoms with Crippen molar-refractivity contribution < 1.29 is 14.3 Å². The van der Waals surface area contributed by atoms with Gasteiger partial charge in [0.2, 0.25) is 5.91 Å². The Balaban J connectivity index is 2.13. The molecule has 0 aliphatic heterocycles. The van der Waals surface area contributed by atoms with Gasteiger partial charge in [0.05, 0.1) is 0 Å². The highest BCUT2D eigenvalue weighted by Crippen LogP contribution is 2.15. The van der Waals surface area contributed by atoms with E-state index in [4.69, 9.17) is 4.74 Å². The van der Waals surface area contributed by atoms with Gasteiger partial charge in [-0.25, -0.2) is 0 Å². The summed E-state index contributed by atoms with van der Waals surface area (Å²) < 4.78 is 5.72. The van der Waals surface area contributed by atoms with E-state index in [1.807, 2.05) is 68.4 Å². The number of nitrogens with zero attached hydrogens (tertiary/aromatic N) is 1. The number of nitrogens with one attached hydrogen (secondary N) is 1. The third kappa shape index (κ3) is 6.93. The number of ether oxygens (including phenoxy) is 1. The summed E-state index contributed by atoms with van der Waals surface area (Å²) in [4.78, 5) is 27.3. The van der Waals surface area contributed by atoms with E-state index in [0.717, 1.165) is 18.4 Å². The zero-order valence-corrected chi connectivity index (χ0v) is 17.7. The monoisotopic (exact) mass is 396 g/mol. The third-order valence-corrected chi connectivity index (χ3v) is 4.82. The van der Waals surface area contributed by atoms with Gasteiger partial charge in [0, 0.05) is 13.1 Å². The second kappa shape index (κ2) is 11.9. The Morgan fingerprint density at radius 3 is 2.24 bits per heavy atom. The highest BCUT2D eigenvalue weighted by molar-refractivity contribution is 5.88. The zero-order chi connectivity index (χ0) is 21.1. The van der Waals surface area contributed by atoms with Crippen molar-refractivity contribution in [1.29, 1.82) is 0 Å². The van der Waals surface area contributed by atoms with E-state index in [9.17, 15) is 9.59 Å². The molecular weight excluding hydrogens is 364 g/mol. The summed E-state index contributed by atoms with van der Waals surface area (Å²) in [6.07, 6.45) is 2.35. The van der Waals surface area contributed by atoms with Crippen molar-refractivity contribution in [3.8, 4) is 5.75 Å². The van der Waals surface area contributed by atoms with Crippen LogP contribution in [-0.4, -0.2) is 35.9 Å². The molecule has 2 aromatic rings. The molecular formula is C24H32N2O3. The third-order valence-electron chi connectivity index (χ3n) is 4.82. The van der Waals surface area contributed by atoms with Gasteiger partial charge in [-0.15, -0.1) is 0 Å². The molecule has 0 bridgehead atoms. The van der Waals surface area contributed by atoms with Crippen LogP contribution in [0.3, 0.4) is 0 Å². The fourth-order valence-electron chi connectivity index (χ4n) is 3.11. The van der Waals surface area contributed by atoms with Crippen LogP contribution in [0, 0.1) is 0 Å². The molecule has 5 heteroatoms. The highest BCUT2D eigenvalue weighted by atomic mass is 16.5. The average Bonchev–Trinajstić information content (AvgIpc) is 2.76. The van der Waals surface area contributed by atoms with Crippen LogP contribution < -0.4 is 10.1 Å². The molecule has 0 saturated carbocycles. The molecule has 0 spiro atoms. The molecule has 0 aliphatic rings. The molecule has 0 saturated heterocycles. The van der Waals surface area contributed by atoms with Crippen LogP contribution in [0.1, 0.15) is 44.7 Å². The van der Waals surface area contributed by atoms with Gasteiger partial charge in [-0.1, -0.05) is 63.2 Å². The van der Waals surface area contributed by atoms with Crippen molar-refractivity contribution in [2.75, 3.05) is 13.2 Å². The molecule has 0 aromatic heterocycles. The Labute approximate surface area is 174 Å². The second-order valence-electron chi connectivity index (χ2n) is 7.01. The second-order valence-corrected chi connectivity index (χ2v) is 7.01. The van der Waals surface area contributed by atoms with Crippen LogP contribution in [0.25, 0.3) is 0 Å². The van der Waals surface area contributed by atoms with E-state index >= 15 is 0 Å². The summed E-state index contributed by atoms with van der Waals surface area (Å²) in [5.74, 6) is 0.330. The van der Waals surface area contributed by atoms with Crippen molar-refractivity contribution in [2.24, 2.45) is 0 Å². The quantitative estimate of drug-likeness (QED) is 0.625. The lowest BCUT2D eigenvalue weighted by molar-refractivity contribution is -0.143. The lowest BCUT2D eigenvalue weighted by Gasteiger charge is -2.30. The first-order valence-corrected chi connectivity index (χ1v) is 10.4. The number of carbonyl (C=O) groups excluding carboxylic acids is 2. The average molecular weight is 397 g/mol. The fraction of sp³-hybridized carbons (Fsp3) is 0.417. The highest BCUT2D eigenvalue weighted by Gasteiger charge is 2.28. The molecule has 0 aliphatic carbocycles. The molecule has 1 N–H and O–H groups in total. The van der Waals surface area contributed by atoms with E-state index in [0.29, 0.717) is 25.3 Å². The number of rotatable bonds is 11. The van der Waals surface area contributed by atoms with Gasteiger partial charge in [-0.05, 0) is 42.5 Å². The summed E-state index contributed by atoms with van der Waals surface area (Å²) in [7, 11) is 0. The van der Waals surface area contributed by atoms with Crippen molar-refractivity contribution in [3.63, 3.8) is 0 Å². The van der Waals surface area contributed by atoms with Crippen LogP contribution in [0.2, 0.25) is 0 Å². The van der Waals surface area contributed by atoms with Gasteiger partial charge in [-0.3, -0.25) is 9.59 Å².